The standard InChI is InChI=1S/C80H153N2O7P/c1-7-10-13-16-19-22-25-28-30-32-34-36-38-40-41-43-44-46-48-50-52-54-57-60-63-66-69-72-79(83)81-77(76-88-90(85,86)87-75-74-82(4,5)6)78(71-68-65-62-59-56-27-24-21-18-15-12-9-3)89-80(84)73-70-67-64-61-58-55-53-51-49-47-45-42-39-37-35-33-31-29-26-23-20-17-14-11-8-2/h19,22,28-31,68,71,77-78H,7-18,20-21,23-27,32-67,69-70,72-76H2,1-6H3,(H-,81,83,85,86)/p+1/b22-19-,30-28-,31-29+,71-68+. The second-order valence-electron chi connectivity index (χ2n) is 28.2. The fourth-order valence-electron chi connectivity index (χ4n) is 11.9. The molecule has 0 aliphatic heterocycles. The average Bonchev–Trinajstić information content (AvgIpc) is 3.04. The predicted molar refractivity (Wildman–Crippen MR) is 392 cm³/mol. The lowest BCUT2D eigenvalue weighted by molar-refractivity contribution is -0.870. The molecule has 3 atom stereocenters. The minimum atomic E-state index is -4.46. The van der Waals surface area contributed by atoms with Crippen LogP contribution in [0, 0.1) is 0 Å². The molecule has 0 aromatic heterocycles. The number of carbonyl (C=O) groups is 2. The van der Waals surface area contributed by atoms with Crippen molar-refractivity contribution >= 4 is 19.7 Å². The molecular formula is C80H154N2O7P+. The number of ether oxygens (including phenoxy) is 1. The zero-order valence-corrected chi connectivity index (χ0v) is 61.8. The molecule has 0 saturated carbocycles. The van der Waals surface area contributed by atoms with Gasteiger partial charge in [0.2, 0.25) is 5.91 Å². The van der Waals surface area contributed by atoms with Crippen molar-refractivity contribution in [2.24, 2.45) is 0 Å². The number of esters is 1. The molecule has 0 aliphatic rings. The number of amides is 1. The van der Waals surface area contributed by atoms with E-state index in [1.807, 2.05) is 27.2 Å². The van der Waals surface area contributed by atoms with Gasteiger partial charge in [0.1, 0.15) is 19.3 Å². The van der Waals surface area contributed by atoms with Crippen molar-refractivity contribution in [1.29, 1.82) is 0 Å². The molecule has 1 amide bonds. The molecule has 0 aliphatic carbocycles. The summed E-state index contributed by atoms with van der Waals surface area (Å²) < 4.78 is 30.9. The normalized spacial score (nSPS) is 13.6. The molecule has 10 heteroatoms. The van der Waals surface area contributed by atoms with Crippen LogP contribution >= 0.6 is 7.82 Å². The van der Waals surface area contributed by atoms with Crippen LogP contribution in [0.25, 0.3) is 0 Å². The van der Waals surface area contributed by atoms with E-state index in [-0.39, 0.29) is 25.1 Å². The van der Waals surface area contributed by atoms with Crippen molar-refractivity contribution in [3.63, 3.8) is 0 Å². The number of phosphoric acid groups is 1. The van der Waals surface area contributed by atoms with Crippen LogP contribution in [-0.4, -0.2) is 74.3 Å². The van der Waals surface area contributed by atoms with E-state index in [4.69, 9.17) is 13.8 Å². The number of allylic oxidation sites excluding steroid dienone is 7. The topological polar surface area (TPSA) is 111 Å². The van der Waals surface area contributed by atoms with Crippen LogP contribution in [0.15, 0.2) is 48.6 Å². The smallest absolute Gasteiger partial charge is 0.456 e. The molecule has 530 valence electrons. The van der Waals surface area contributed by atoms with Gasteiger partial charge in [0.05, 0.1) is 33.8 Å². The number of likely N-dealkylation sites (N-methyl/N-ethyl adjacent to an activating group) is 1. The molecule has 0 spiro atoms. The Morgan fingerprint density at radius 2 is 0.678 bits per heavy atom. The van der Waals surface area contributed by atoms with E-state index in [0.717, 1.165) is 64.2 Å². The van der Waals surface area contributed by atoms with E-state index in [2.05, 4.69) is 68.6 Å². The first kappa shape index (κ1) is 88.0. The van der Waals surface area contributed by atoms with Gasteiger partial charge in [0, 0.05) is 12.8 Å². The van der Waals surface area contributed by atoms with E-state index in [1.165, 1.54) is 302 Å². The van der Waals surface area contributed by atoms with Gasteiger partial charge in [-0.2, -0.15) is 0 Å². The summed E-state index contributed by atoms with van der Waals surface area (Å²) in [5.74, 6) is -0.483. The monoisotopic (exact) mass is 1290 g/mol. The number of nitrogens with zero attached hydrogens (tertiary/aromatic N) is 1. The Hall–Kier alpha value is -2.03. The quantitative estimate of drug-likeness (QED) is 0.0205. The molecule has 0 saturated heterocycles. The van der Waals surface area contributed by atoms with Gasteiger partial charge in [-0.25, -0.2) is 4.57 Å². The summed E-state index contributed by atoms with van der Waals surface area (Å²) in [5, 5.41) is 3.09. The Balaban J connectivity index is 4.90. The number of quaternary nitrogens is 1. The number of hydrogen-bond acceptors (Lipinski definition) is 6. The molecule has 0 aromatic carbocycles. The van der Waals surface area contributed by atoms with Gasteiger partial charge in [-0.05, 0) is 89.5 Å². The van der Waals surface area contributed by atoms with E-state index >= 15 is 0 Å². The fourth-order valence-corrected chi connectivity index (χ4v) is 12.6. The lowest BCUT2D eigenvalue weighted by atomic mass is 10.0. The average molecular weight is 1290 g/mol. The van der Waals surface area contributed by atoms with Crippen molar-refractivity contribution in [3.8, 4) is 0 Å². The summed E-state index contributed by atoms with van der Waals surface area (Å²) in [6.07, 6.45) is 90.0. The van der Waals surface area contributed by atoms with E-state index in [9.17, 15) is 19.0 Å². The molecular weight excluding hydrogens is 1130 g/mol. The number of unbranched alkanes of at least 4 members (excludes halogenated alkanes) is 51. The van der Waals surface area contributed by atoms with Gasteiger partial charge in [-0.15, -0.1) is 0 Å². The number of nitrogens with one attached hydrogen (secondary N) is 1. The Morgan fingerprint density at radius 3 is 1.03 bits per heavy atom. The first-order chi connectivity index (χ1) is 43.9. The second-order valence-corrected chi connectivity index (χ2v) is 29.7. The highest BCUT2D eigenvalue weighted by atomic mass is 31.2. The third-order valence-corrected chi connectivity index (χ3v) is 19.0. The highest BCUT2D eigenvalue weighted by molar-refractivity contribution is 7.47. The lowest BCUT2D eigenvalue weighted by Crippen LogP contribution is -2.47. The molecule has 0 rings (SSSR count). The summed E-state index contributed by atoms with van der Waals surface area (Å²) in [4.78, 5) is 38.0. The Bertz CT molecular complexity index is 1680. The van der Waals surface area contributed by atoms with Gasteiger partial charge in [-0.1, -0.05) is 346 Å². The van der Waals surface area contributed by atoms with E-state index in [1.54, 1.807) is 0 Å². The maximum atomic E-state index is 13.7. The molecule has 0 aromatic rings. The fraction of sp³-hybridized carbons (Fsp3) is 0.875. The summed E-state index contributed by atoms with van der Waals surface area (Å²) in [7, 11) is 1.52. The van der Waals surface area contributed by atoms with Crippen molar-refractivity contribution in [2.45, 2.75) is 412 Å². The Labute approximate surface area is 560 Å². The maximum Gasteiger partial charge on any atom is 0.472 e. The third kappa shape index (κ3) is 70.3. The zero-order valence-electron chi connectivity index (χ0n) is 60.9. The second kappa shape index (κ2) is 69.8. The molecule has 2 N–H and O–H groups in total. The van der Waals surface area contributed by atoms with Gasteiger partial charge >= 0.3 is 13.8 Å². The van der Waals surface area contributed by atoms with Gasteiger partial charge in [-0.3, -0.25) is 18.6 Å². The Kier molecular flexibility index (Phi) is 68.2. The van der Waals surface area contributed by atoms with Crippen LogP contribution < -0.4 is 5.32 Å². The first-order valence-electron chi connectivity index (χ1n) is 39.5. The number of carbonyl (C=O) groups excluding carboxylic acids is 2. The highest BCUT2D eigenvalue weighted by Crippen LogP contribution is 2.43. The highest BCUT2D eigenvalue weighted by Gasteiger charge is 2.30. The van der Waals surface area contributed by atoms with Crippen LogP contribution in [0.2, 0.25) is 0 Å². The van der Waals surface area contributed by atoms with Crippen molar-refractivity contribution in [1.82, 2.24) is 5.32 Å². The van der Waals surface area contributed by atoms with Crippen molar-refractivity contribution < 1.29 is 37.3 Å². The van der Waals surface area contributed by atoms with E-state index in [0.29, 0.717) is 23.9 Å². The Morgan fingerprint density at radius 1 is 0.389 bits per heavy atom. The van der Waals surface area contributed by atoms with Crippen molar-refractivity contribution in [2.75, 3.05) is 40.9 Å². The first-order valence-corrected chi connectivity index (χ1v) is 41.0. The lowest BCUT2D eigenvalue weighted by Gasteiger charge is -2.27. The predicted octanol–water partition coefficient (Wildman–Crippen LogP) is 25.5. The maximum absolute atomic E-state index is 13.7. The number of hydrogen-bond donors (Lipinski definition) is 2. The van der Waals surface area contributed by atoms with Crippen molar-refractivity contribution in [3.05, 3.63) is 48.6 Å². The summed E-state index contributed by atoms with van der Waals surface area (Å²) >= 11 is 0. The third-order valence-electron chi connectivity index (χ3n) is 18.0. The summed E-state index contributed by atoms with van der Waals surface area (Å²) in [6.45, 7) is 7.05. The molecule has 0 fully saturated rings. The van der Waals surface area contributed by atoms with Crippen LogP contribution in [-0.2, 0) is 27.9 Å². The minimum Gasteiger partial charge on any atom is -0.456 e. The number of phosphoric ester groups is 1. The van der Waals surface area contributed by atoms with Crippen LogP contribution in [0.1, 0.15) is 400 Å². The molecule has 0 bridgehead atoms. The largest absolute Gasteiger partial charge is 0.472 e. The van der Waals surface area contributed by atoms with Gasteiger partial charge in [0.25, 0.3) is 0 Å². The molecule has 0 radical (unpaired) electrons. The molecule has 9 nitrogen and oxygen atoms in total. The van der Waals surface area contributed by atoms with Crippen LogP contribution in [0.5, 0.6) is 0 Å². The minimum absolute atomic E-state index is 0.0428. The van der Waals surface area contributed by atoms with Crippen LogP contribution in [0.3, 0.4) is 0 Å². The van der Waals surface area contributed by atoms with Crippen LogP contribution in [0.4, 0.5) is 0 Å². The molecule has 90 heavy (non-hydrogen) atoms. The number of rotatable bonds is 73. The SMILES string of the molecule is CCCCC/C=C\C/C=C\CCCCCCCCCCCCCCCCCCCC(=O)NC(COP(=O)(O)OCC[N+](C)(C)C)C(/C=C/CCCCCCCCCCCC)OC(=O)CCCCCCCCCCCCCCCCC/C=C/CCCCCCCC. The zero-order chi connectivity index (χ0) is 65.6. The van der Waals surface area contributed by atoms with Gasteiger partial charge < -0.3 is 19.4 Å². The van der Waals surface area contributed by atoms with E-state index < -0.39 is 20.0 Å². The molecule has 0 heterocycles. The molecule has 3 unspecified atom stereocenters. The van der Waals surface area contributed by atoms with Gasteiger partial charge in [0.15, 0.2) is 0 Å². The summed E-state index contributed by atoms with van der Waals surface area (Å²) in [6, 6.07) is -0.847. The summed E-state index contributed by atoms with van der Waals surface area (Å²) in [5.41, 5.74) is 0.